The number of rotatable bonds is 4. The van der Waals surface area contributed by atoms with E-state index in [2.05, 4.69) is 22.4 Å². The van der Waals surface area contributed by atoms with Gasteiger partial charge in [0.1, 0.15) is 5.01 Å². The van der Waals surface area contributed by atoms with Crippen LogP contribution in [0.5, 0.6) is 0 Å². The highest BCUT2D eigenvalue weighted by Gasteiger charge is 2.34. The van der Waals surface area contributed by atoms with E-state index in [-0.39, 0.29) is 23.1 Å². The molecule has 1 aliphatic rings. The first-order chi connectivity index (χ1) is 12.6. The Bertz CT molecular complexity index is 869. The Balaban J connectivity index is 1.68. The third kappa shape index (κ3) is 4.71. The minimum Gasteiger partial charge on any atom is -0.312 e. The predicted molar refractivity (Wildman–Crippen MR) is 108 cm³/mol. The molecule has 2 amide bonds. The summed E-state index contributed by atoms with van der Waals surface area (Å²) >= 11 is 1.36. The number of carbonyl (C=O) groups is 2. The summed E-state index contributed by atoms with van der Waals surface area (Å²) in [7, 11) is 0. The number of hydrogen-bond acceptors (Lipinski definition) is 5. The third-order valence-electron chi connectivity index (χ3n) is 4.65. The van der Waals surface area contributed by atoms with E-state index < -0.39 is 0 Å². The van der Waals surface area contributed by atoms with Gasteiger partial charge in [-0.05, 0) is 42.5 Å². The number of benzene rings is 1. The summed E-state index contributed by atoms with van der Waals surface area (Å²) in [6.07, 6.45) is 0.835. The molecule has 0 unspecified atom stereocenters. The van der Waals surface area contributed by atoms with Gasteiger partial charge in [-0.2, -0.15) is 0 Å². The second kappa shape index (κ2) is 7.38. The van der Waals surface area contributed by atoms with Crippen molar-refractivity contribution in [1.82, 2.24) is 10.2 Å². The van der Waals surface area contributed by atoms with Gasteiger partial charge in [0.2, 0.25) is 16.9 Å². The second-order valence-electron chi connectivity index (χ2n) is 8.41. The fraction of sp³-hybridized carbons (Fsp3) is 0.500. The van der Waals surface area contributed by atoms with Gasteiger partial charge in [0.25, 0.3) is 0 Å². The predicted octanol–water partition coefficient (Wildman–Crippen LogP) is 4.05. The molecule has 0 radical (unpaired) electrons. The van der Waals surface area contributed by atoms with Crippen molar-refractivity contribution >= 4 is 34.0 Å². The molecule has 2 heterocycles. The van der Waals surface area contributed by atoms with Gasteiger partial charge < -0.3 is 10.2 Å². The largest absolute Gasteiger partial charge is 0.312 e. The van der Waals surface area contributed by atoms with Crippen molar-refractivity contribution in [2.75, 3.05) is 16.8 Å². The van der Waals surface area contributed by atoms with E-state index in [1.807, 2.05) is 50.8 Å². The fourth-order valence-corrected chi connectivity index (χ4v) is 3.96. The Kier molecular flexibility index (Phi) is 5.33. The summed E-state index contributed by atoms with van der Waals surface area (Å²) in [5.74, 6) is 0.0334. The Morgan fingerprint density at radius 3 is 2.67 bits per heavy atom. The van der Waals surface area contributed by atoms with E-state index in [9.17, 15) is 9.59 Å². The first kappa shape index (κ1) is 19.5. The molecule has 1 saturated heterocycles. The van der Waals surface area contributed by atoms with Gasteiger partial charge >= 0.3 is 0 Å². The first-order valence-electron chi connectivity index (χ1n) is 9.13. The average Bonchev–Trinajstić information content (AvgIpc) is 3.15. The van der Waals surface area contributed by atoms with Crippen LogP contribution in [-0.4, -0.2) is 28.6 Å². The van der Waals surface area contributed by atoms with E-state index in [1.54, 1.807) is 0 Å². The van der Waals surface area contributed by atoms with Crippen molar-refractivity contribution in [3.63, 3.8) is 0 Å². The number of nitrogens with zero attached hydrogens (tertiary/aromatic N) is 3. The van der Waals surface area contributed by atoms with E-state index >= 15 is 0 Å². The standard InChI is InChI=1S/C20H26N4O2S/c1-12-6-7-15(8-13(12)2)24-11-14(9-17(24)26)18-22-23-19(27-18)21-16(25)10-20(3,4)5/h6-8,14H,9-11H2,1-5H3,(H,21,23,25)/t14-/m0/s1. The number of hydrogen-bond donors (Lipinski definition) is 1. The highest BCUT2D eigenvalue weighted by molar-refractivity contribution is 7.15. The van der Waals surface area contributed by atoms with E-state index in [1.165, 1.54) is 22.5 Å². The van der Waals surface area contributed by atoms with E-state index in [0.29, 0.717) is 24.5 Å². The number of carbonyl (C=O) groups excluding carboxylic acids is 2. The number of aryl methyl sites for hydroxylation is 2. The molecule has 0 aliphatic carbocycles. The Labute approximate surface area is 164 Å². The molecule has 0 bridgehead atoms. The molecule has 1 N–H and O–H groups in total. The molecule has 7 heteroatoms. The summed E-state index contributed by atoms with van der Waals surface area (Å²) < 4.78 is 0. The quantitative estimate of drug-likeness (QED) is 0.860. The number of aromatic nitrogens is 2. The zero-order valence-electron chi connectivity index (χ0n) is 16.5. The molecule has 3 rings (SSSR count). The summed E-state index contributed by atoms with van der Waals surface area (Å²) in [4.78, 5) is 26.4. The number of amides is 2. The maximum Gasteiger partial charge on any atom is 0.227 e. The summed E-state index contributed by atoms with van der Waals surface area (Å²) in [6.45, 7) is 10.8. The maximum atomic E-state index is 12.5. The summed E-state index contributed by atoms with van der Waals surface area (Å²) in [5.41, 5.74) is 3.22. The SMILES string of the molecule is Cc1ccc(N2C[C@@H](c3nnc(NC(=O)CC(C)(C)C)s3)CC2=O)cc1C. The molecule has 1 aromatic heterocycles. The average molecular weight is 387 g/mol. The van der Waals surface area contributed by atoms with Crippen LogP contribution in [0.1, 0.15) is 55.7 Å². The summed E-state index contributed by atoms with van der Waals surface area (Å²) in [5, 5.41) is 12.4. The van der Waals surface area contributed by atoms with Gasteiger partial charge in [0.15, 0.2) is 0 Å². The maximum absolute atomic E-state index is 12.5. The van der Waals surface area contributed by atoms with Crippen molar-refractivity contribution in [1.29, 1.82) is 0 Å². The van der Waals surface area contributed by atoms with Gasteiger partial charge in [-0.15, -0.1) is 10.2 Å². The Morgan fingerprint density at radius 1 is 1.26 bits per heavy atom. The molecular formula is C20H26N4O2S. The zero-order chi connectivity index (χ0) is 19.8. The monoisotopic (exact) mass is 386 g/mol. The summed E-state index contributed by atoms with van der Waals surface area (Å²) in [6, 6.07) is 6.08. The molecule has 1 atom stereocenters. The van der Waals surface area contributed by atoms with Crippen molar-refractivity contribution in [2.45, 2.75) is 53.4 Å². The molecule has 1 aromatic carbocycles. The van der Waals surface area contributed by atoms with Gasteiger partial charge in [-0.25, -0.2) is 0 Å². The van der Waals surface area contributed by atoms with Gasteiger partial charge in [-0.1, -0.05) is 38.2 Å². The van der Waals surface area contributed by atoms with Gasteiger partial charge in [0, 0.05) is 31.0 Å². The van der Waals surface area contributed by atoms with Crippen LogP contribution in [0.3, 0.4) is 0 Å². The fourth-order valence-electron chi connectivity index (χ4n) is 3.11. The zero-order valence-corrected chi connectivity index (χ0v) is 17.3. The van der Waals surface area contributed by atoms with Crippen LogP contribution in [0.4, 0.5) is 10.8 Å². The lowest BCUT2D eigenvalue weighted by Crippen LogP contribution is -2.24. The highest BCUT2D eigenvalue weighted by atomic mass is 32.1. The smallest absolute Gasteiger partial charge is 0.227 e. The molecule has 1 aliphatic heterocycles. The normalized spacial score (nSPS) is 17.4. The minimum absolute atomic E-state index is 0.00452. The van der Waals surface area contributed by atoms with Crippen LogP contribution in [0.25, 0.3) is 0 Å². The second-order valence-corrected chi connectivity index (χ2v) is 9.41. The lowest BCUT2D eigenvalue weighted by atomic mass is 9.92. The number of anilines is 2. The number of nitrogens with one attached hydrogen (secondary N) is 1. The Hall–Kier alpha value is -2.28. The van der Waals surface area contributed by atoms with Crippen molar-refractivity contribution in [2.24, 2.45) is 5.41 Å². The van der Waals surface area contributed by atoms with Crippen LogP contribution in [0, 0.1) is 19.3 Å². The third-order valence-corrected chi connectivity index (χ3v) is 5.66. The first-order valence-corrected chi connectivity index (χ1v) is 9.95. The van der Waals surface area contributed by atoms with E-state index in [4.69, 9.17) is 0 Å². The van der Waals surface area contributed by atoms with Crippen molar-refractivity contribution in [3.8, 4) is 0 Å². The van der Waals surface area contributed by atoms with Crippen LogP contribution in [-0.2, 0) is 9.59 Å². The van der Waals surface area contributed by atoms with Crippen LogP contribution >= 0.6 is 11.3 Å². The van der Waals surface area contributed by atoms with Crippen molar-refractivity contribution < 1.29 is 9.59 Å². The lowest BCUT2D eigenvalue weighted by molar-refractivity contribution is -0.118. The molecule has 0 saturated carbocycles. The lowest BCUT2D eigenvalue weighted by Gasteiger charge is -2.17. The Morgan fingerprint density at radius 2 is 2.00 bits per heavy atom. The van der Waals surface area contributed by atoms with Gasteiger partial charge in [0.05, 0.1) is 0 Å². The molecule has 0 spiro atoms. The molecule has 2 aromatic rings. The molecule has 1 fully saturated rings. The molecule has 6 nitrogen and oxygen atoms in total. The van der Waals surface area contributed by atoms with Crippen LogP contribution in [0.15, 0.2) is 18.2 Å². The van der Waals surface area contributed by atoms with Crippen LogP contribution < -0.4 is 10.2 Å². The topological polar surface area (TPSA) is 75.2 Å². The highest BCUT2D eigenvalue weighted by Crippen LogP contribution is 2.35. The van der Waals surface area contributed by atoms with Gasteiger partial charge in [-0.3, -0.25) is 9.59 Å². The van der Waals surface area contributed by atoms with E-state index in [0.717, 1.165) is 10.7 Å². The van der Waals surface area contributed by atoms with Crippen LogP contribution in [0.2, 0.25) is 0 Å². The van der Waals surface area contributed by atoms with Crippen molar-refractivity contribution in [3.05, 3.63) is 34.3 Å². The minimum atomic E-state index is -0.0812. The molecule has 27 heavy (non-hydrogen) atoms. The molecule has 144 valence electrons. The molecular weight excluding hydrogens is 360 g/mol.